The standard InChI is InChI=1S/C29H41N3O3/c33-27(19-30-29(12-13-29)28(34)35)32(22-8-2-1-3-9-22)26-17-23-10-5-11-24(18-26)31(23)25-15-20-6-4-7-21(14-20)16-25/h1-3,8-9,20-21,23-26,30H,4-7,10-19H2,(H,34,35). The van der Waals surface area contributed by atoms with E-state index in [1.54, 1.807) is 0 Å². The summed E-state index contributed by atoms with van der Waals surface area (Å²) in [4.78, 5) is 30.2. The van der Waals surface area contributed by atoms with Crippen LogP contribution in [0.1, 0.15) is 83.5 Å². The van der Waals surface area contributed by atoms with E-state index >= 15 is 0 Å². The van der Waals surface area contributed by atoms with Crippen LogP contribution in [0.15, 0.2) is 30.3 Å². The van der Waals surface area contributed by atoms with Gasteiger partial charge in [0.1, 0.15) is 5.54 Å². The molecule has 2 aliphatic heterocycles. The van der Waals surface area contributed by atoms with Crippen LogP contribution in [-0.2, 0) is 9.59 Å². The largest absolute Gasteiger partial charge is 0.480 e. The van der Waals surface area contributed by atoms with Crippen LogP contribution in [0.5, 0.6) is 0 Å². The molecule has 4 atom stereocenters. The van der Waals surface area contributed by atoms with E-state index in [1.807, 2.05) is 35.2 Å². The summed E-state index contributed by atoms with van der Waals surface area (Å²) in [6.07, 6.45) is 15.6. The number of hydrogen-bond acceptors (Lipinski definition) is 4. The van der Waals surface area contributed by atoms with Gasteiger partial charge in [0, 0.05) is 29.9 Å². The smallest absolute Gasteiger partial charge is 0.323 e. The molecule has 1 aromatic rings. The molecule has 3 aliphatic carbocycles. The number of fused-ring (bicyclic) bond motifs is 4. The summed E-state index contributed by atoms with van der Waals surface area (Å²) in [5.74, 6) is 1.04. The van der Waals surface area contributed by atoms with Gasteiger partial charge in [-0.1, -0.05) is 43.9 Å². The van der Waals surface area contributed by atoms with Crippen LogP contribution in [0.4, 0.5) is 5.69 Å². The number of carboxylic acid groups (broad SMARTS) is 1. The van der Waals surface area contributed by atoms with Crippen LogP contribution in [-0.4, -0.2) is 58.1 Å². The fourth-order valence-electron chi connectivity index (χ4n) is 8.20. The van der Waals surface area contributed by atoms with Crippen molar-refractivity contribution in [3.8, 4) is 0 Å². The molecule has 0 radical (unpaired) electrons. The molecule has 5 fully saturated rings. The first kappa shape index (κ1) is 23.5. The second-order valence-electron chi connectivity index (χ2n) is 12.2. The number of nitrogens with one attached hydrogen (secondary N) is 1. The Morgan fingerprint density at radius 1 is 0.886 bits per heavy atom. The third-order valence-corrected chi connectivity index (χ3v) is 9.94. The SMILES string of the molecule is O=C(CNC1(C(=O)O)CC1)N(c1ccccc1)C1CC2CCCC(C1)N2C1CC2CCCC(C2)C1. The Bertz CT molecular complexity index is 906. The van der Waals surface area contributed by atoms with Crippen molar-refractivity contribution in [3.05, 3.63) is 30.3 Å². The second kappa shape index (κ2) is 9.51. The van der Waals surface area contributed by atoms with E-state index in [4.69, 9.17) is 0 Å². The van der Waals surface area contributed by atoms with Gasteiger partial charge in [-0.2, -0.15) is 0 Å². The van der Waals surface area contributed by atoms with E-state index < -0.39 is 11.5 Å². The summed E-state index contributed by atoms with van der Waals surface area (Å²) < 4.78 is 0. The van der Waals surface area contributed by atoms with Crippen LogP contribution < -0.4 is 10.2 Å². The van der Waals surface area contributed by atoms with E-state index in [-0.39, 0.29) is 18.5 Å². The number of amides is 1. The first-order valence-corrected chi connectivity index (χ1v) is 14.2. The summed E-state index contributed by atoms with van der Waals surface area (Å²) in [6.45, 7) is 0.0860. The maximum absolute atomic E-state index is 13.6. The van der Waals surface area contributed by atoms with Crippen molar-refractivity contribution < 1.29 is 14.7 Å². The Kier molecular flexibility index (Phi) is 6.38. The average molecular weight is 480 g/mol. The number of aliphatic carboxylic acids is 1. The zero-order chi connectivity index (χ0) is 24.0. The molecule has 6 rings (SSSR count). The molecule has 2 heterocycles. The van der Waals surface area contributed by atoms with Gasteiger partial charge in [-0.3, -0.25) is 19.8 Å². The van der Waals surface area contributed by atoms with Gasteiger partial charge in [-0.25, -0.2) is 0 Å². The molecule has 6 heteroatoms. The highest BCUT2D eigenvalue weighted by Crippen LogP contribution is 2.46. The molecule has 2 N–H and O–H groups in total. The number of carbonyl (C=O) groups is 2. The van der Waals surface area contributed by atoms with E-state index in [0.717, 1.165) is 36.4 Å². The Hall–Kier alpha value is -1.92. The molecule has 0 aromatic heterocycles. The highest BCUT2D eigenvalue weighted by atomic mass is 16.4. The molecule has 6 nitrogen and oxygen atoms in total. The second-order valence-corrected chi connectivity index (χ2v) is 12.2. The van der Waals surface area contributed by atoms with Gasteiger partial charge < -0.3 is 10.0 Å². The number of benzene rings is 1. The summed E-state index contributed by atoms with van der Waals surface area (Å²) >= 11 is 0. The minimum absolute atomic E-state index is 0.00690. The maximum Gasteiger partial charge on any atom is 0.323 e. The van der Waals surface area contributed by atoms with Gasteiger partial charge in [0.05, 0.1) is 6.54 Å². The topological polar surface area (TPSA) is 72.9 Å². The van der Waals surface area contributed by atoms with Gasteiger partial charge in [-0.15, -0.1) is 0 Å². The molecule has 3 saturated carbocycles. The van der Waals surface area contributed by atoms with Gasteiger partial charge in [-0.05, 0) is 81.8 Å². The van der Waals surface area contributed by atoms with Crippen molar-refractivity contribution in [2.45, 2.75) is 113 Å². The maximum atomic E-state index is 13.6. The molecule has 4 unspecified atom stereocenters. The van der Waals surface area contributed by atoms with E-state index in [0.29, 0.717) is 24.9 Å². The molecule has 5 aliphatic rings. The lowest BCUT2D eigenvalue weighted by Gasteiger charge is -2.56. The van der Waals surface area contributed by atoms with E-state index in [9.17, 15) is 14.7 Å². The Morgan fingerprint density at radius 2 is 1.51 bits per heavy atom. The Balaban J connectivity index is 1.20. The lowest BCUT2D eigenvalue weighted by Crippen LogP contribution is -2.62. The number of rotatable bonds is 7. The third kappa shape index (κ3) is 4.64. The number of carbonyl (C=O) groups excluding carboxylic acids is 1. The van der Waals surface area contributed by atoms with Crippen molar-refractivity contribution in [2.75, 3.05) is 11.4 Å². The monoisotopic (exact) mass is 479 g/mol. The number of para-hydroxylation sites is 1. The average Bonchev–Trinajstić information content (AvgIpc) is 3.64. The molecule has 4 bridgehead atoms. The summed E-state index contributed by atoms with van der Waals surface area (Å²) in [7, 11) is 0. The normalized spacial score (nSPS) is 35.8. The predicted octanol–water partition coefficient (Wildman–Crippen LogP) is 4.58. The lowest BCUT2D eigenvalue weighted by molar-refractivity contribution is -0.140. The first-order valence-electron chi connectivity index (χ1n) is 14.2. The van der Waals surface area contributed by atoms with Crippen molar-refractivity contribution in [2.24, 2.45) is 11.8 Å². The molecule has 1 amide bonds. The Labute approximate surface area is 209 Å². The van der Waals surface area contributed by atoms with Crippen molar-refractivity contribution in [1.82, 2.24) is 10.2 Å². The van der Waals surface area contributed by atoms with E-state index in [1.165, 1.54) is 57.8 Å². The quantitative estimate of drug-likeness (QED) is 0.599. The number of piperidine rings is 2. The van der Waals surface area contributed by atoms with Gasteiger partial charge >= 0.3 is 5.97 Å². The molecular weight excluding hydrogens is 438 g/mol. The lowest BCUT2D eigenvalue weighted by atomic mass is 9.68. The molecule has 2 saturated heterocycles. The summed E-state index contributed by atoms with van der Waals surface area (Å²) in [5.41, 5.74) is 0.0555. The van der Waals surface area contributed by atoms with Crippen molar-refractivity contribution in [1.29, 1.82) is 0 Å². The molecule has 1 aromatic carbocycles. The van der Waals surface area contributed by atoms with E-state index in [2.05, 4.69) is 10.2 Å². The molecule has 35 heavy (non-hydrogen) atoms. The number of carboxylic acids is 1. The number of anilines is 1. The van der Waals surface area contributed by atoms with Crippen molar-refractivity contribution >= 4 is 17.6 Å². The number of nitrogens with zero attached hydrogens (tertiary/aromatic N) is 2. The van der Waals surface area contributed by atoms with Crippen LogP contribution in [0.2, 0.25) is 0 Å². The van der Waals surface area contributed by atoms with Gasteiger partial charge in [0.2, 0.25) is 5.91 Å². The highest BCUT2D eigenvalue weighted by molar-refractivity contribution is 5.96. The molecule has 0 spiro atoms. The minimum atomic E-state index is -0.892. The van der Waals surface area contributed by atoms with Crippen LogP contribution in [0.25, 0.3) is 0 Å². The van der Waals surface area contributed by atoms with Crippen molar-refractivity contribution in [3.63, 3.8) is 0 Å². The summed E-state index contributed by atoms with van der Waals surface area (Å²) in [5, 5.41) is 12.6. The third-order valence-electron chi connectivity index (χ3n) is 9.94. The van der Waals surface area contributed by atoms with Crippen LogP contribution in [0.3, 0.4) is 0 Å². The Morgan fingerprint density at radius 3 is 2.11 bits per heavy atom. The fraction of sp³-hybridized carbons (Fsp3) is 0.724. The molecule has 190 valence electrons. The van der Waals surface area contributed by atoms with Crippen LogP contribution >= 0.6 is 0 Å². The minimum Gasteiger partial charge on any atom is -0.480 e. The summed E-state index contributed by atoms with van der Waals surface area (Å²) in [6, 6.07) is 12.1. The number of hydrogen-bond donors (Lipinski definition) is 2. The van der Waals surface area contributed by atoms with Gasteiger partial charge in [0.25, 0.3) is 0 Å². The fourth-order valence-corrected chi connectivity index (χ4v) is 8.20. The molecular formula is C29H41N3O3. The predicted molar refractivity (Wildman–Crippen MR) is 136 cm³/mol. The highest BCUT2D eigenvalue weighted by Gasteiger charge is 2.51. The zero-order valence-electron chi connectivity index (χ0n) is 20.9. The zero-order valence-corrected chi connectivity index (χ0v) is 20.9. The first-order chi connectivity index (χ1) is 17.0. The van der Waals surface area contributed by atoms with Crippen LogP contribution in [0, 0.1) is 11.8 Å². The van der Waals surface area contributed by atoms with Gasteiger partial charge in [0.15, 0.2) is 0 Å².